The van der Waals surface area contributed by atoms with Crippen LogP contribution in [0.2, 0.25) is 0 Å². The van der Waals surface area contributed by atoms with Gasteiger partial charge in [-0.3, -0.25) is 14.6 Å². The number of Topliss-reactive ketones (excluding diaryl/α,β-unsaturated/α-hetero) is 1. The lowest BCUT2D eigenvalue weighted by Gasteiger charge is -2.38. The molecule has 36 heavy (non-hydrogen) atoms. The SMILES string of the molecule is COC(=O)c1ccc(C2C3C(=O)CC(c4ccco4)CC3=Nc3ccccc3N2C(=O)C2CC2)cc1. The number of methoxy groups -OCH3 is 1. The van der Waals surface area contributed by atoms with Gasteiger partial charge in [0.2, 0.25) is 5.91 Å². The van der Waals surface area contributed by atoms with Crippen molar-refractivity contribution >= 4 is 34.7 Å². The number of fused-ring (bicyclic) bond motifs is 2. The second-order valence-corrected chi connectivity index (χ2v) is 9.70. The summed E-state index contributed by atoms with van der Waals surface area (Å²) >= 11 is 0. The number of ether oxygens (including phenoxy) is 1. The second kappa shape index (κ2) is 8.90. The first kappa shape index (κ1) is 22.5. The molecule has 3 aliphatic rings. The van der Waals surface area contributed by atoms with Gasteiger partial charge in [-0.05, 0) is 61.2 Å². The number of rotatable bonds is 4. The van der Waals surface area contributed by atoms with Crippen molar-refractivity contribution in [2.75, 3.05) is 12.0 Å². The van der Waals surface area contributed by atoms with E-state index in [2.05, 4.69) is 0 Å². The van der Waals surface area contributed by atoms with Crippen LogP contribution in [0.25, 0.3) is 0 Å². The third-order valence-electron chi connectivity index (χ3n) is 7.39. The number of carbonyl (C=O) groups is 3. The van der Waals surface area contributed by atoms with Crippen LogP contribution in [-0.2, 0) is 14.3 Å². The van der Waals surface area contributed by atoms with E-state index < -0.39 is 17.9 Å². The number of nitrogens with zero attached hydrogens (tertiary/aromatic N) is 2. The Morgan fingerprint density at radius 3 is 2.47 bits per heavy atom. The summed E-state index contributed by atoms with van der Waals surface area (Å²) in [6, 6.07) is 17.8. The van der Waals surface area contributed by atoms with Crippen molar-refractivity contribution < 1.29 is 23.5 Å². The van der Waals surface area contributed by atoms with Crippen LogP contribution in [0.3, 0.4) is 0 Å². The third kappa shape index (κ3) is 3.85. The normalized spacial score (nSPS) is 23.2. The second-order valence-electron chi connectivity index (χ2n) is 9.70. The fourth-order valence-electron chi connectivity index (χ4n) is 5.48. The highest BCUT2D eigenvalue weighted by molar-refractivity contribution is 6.13. The van der Waals surface area contributed by atoms with E-state index in [0.29, 0.717) is 29.8 Å². The number of para-hydroxylation sites is 2. The quantitative estimate of drug-likeness (QED) is 0.465. The topological polar surface area (TPSA) is 89.2 Å². The minimum Gasteiger partial charge on any atom is -0.469 e. The average Bonchev–Trinajstić information content (AvgIpc) is 3.64. The first-order valence-corrected chi connectivity index (χ1v) is 12.3. The number of ketones is 1. The van der Waals surface area contributed by atoms with Gasteiger partial charge in [-0.15, -0.1) is 0 Å². The van der Waals surface area contributed by atoms with Gasteiger partial charge in [-0.1, -0.05) is 24.3 Å². The van der Waals surface area contributed by atoms with Crippen LogP contribution in [-0.4, -0.2) is 30.5 Å². The Hall–Kier alpha value is -4.00. The standard InChI is InChI=1S/C29H26N2O5/c1-35-29(34)19-12-8-17(9-13-19)27-26-22(15-20(16-24(26)32)25-7-4-14-36-25)30-21-5-2-3-6-23(21)31(27)28(33)18-10-11-18/h2-9,12-14,18,20,26-27H,10-11,15-16H2,1H3. The summed E-state index contributed by atoms with van der Waals surface area (Å²) in [6.45, 7) is 0. The fourth-order valence-corrected chi connectivity index (χ4v) is 5.48. The number of furan rings is 1. The monoisotopic (exact) mass is 482 g/mol. The molecule has 3 aromatic rings. The minimum absolute atomic E-state index is 0.0157. The zero-order valence-corrected chi connectivity index (χ0v) is 19.9. The molecule has 1 aromatic heterocycles. The Labute approximate surface area is 208 Å². The maximum Gasteiger partial charge on any atom is 0.337 e. The highest BCUT2D eigenvalue weighted by atomic mass is 16.5. The van der Waals surface area contributed by atoms with Crippen molar-refractivity contribution in [1.82, 2.24) is 0 Å². The van der Waals surface area contributed by atoms with Gasteiger partial charge >= 0.3 is 5.97 Å². The Balaban J connectivity index is 1.50. The Morgan fingerprint density at radius 2 is 1.78 bits per heavy atom. The van der Waals surface area contributed by atoms with E-state index in [9.17, 15) is 14.4 Å². The molecule has 2 aliphatic carbocycles. The molecular weight excluding hydrogens is 456 g/mol. The van der Waals surface area contributed by atoms with E-state index in [0.717, 1.165) is 29.9 Å². The molecule has 7 heteroatoms. The van der Waals surface area contributed by atoms with Crippen molar-refractivity contribution in [1.29, 1.82) is 0 Å². The van der Waals surface area contributed by atoms with Crippen LogP contribution < -0.4 is 4.90 Å². The van der Waals surface area contributed by atoms with E-state index >= 15 is 0 Å². The number of hydrogen-bond acceptors (Lipinski definition) is 6. The van der Waals surface area contributed by atoms with Crippen LogP contribution in [0.4, 0.5) is 11.4 Å². The summed E-state index contributed by atoms with van der Waals surface area (Å²) in [6.07, 6.45) is 4.20. The summed E-state index contributed by atoms with van der Waals surface area (Å²) in [7, 11) is 1.34. The molecule has 1 amide bonds. The molecule has 6 rings (SSSR count). The summed E-state index contributed by atoms with van der Waals surface area (Å²) in [5.74, 6) is -0.348. The predicted octanol–water partition coefficient (Wildman–Crippen LogP) is 5.40. The highest BCUT2D eigenvalue weighted by Gasteiger charge is 2.48. The van der Waals surface area contributed by atoms with Crippen LogP contribution in [0.5, 0.6) is 0 Å². The number of benzene rings is 2. The maximum absolute atomic E-state index is 13.9. The van der Waals surface area contributed by atoms with Crippen molar-refractivity contribution in [3.63, 3.8) is 0 Å². The molecule has 1 aliphatic heterocycles. The van der Waals surface area contributed by atoms with Crippen LogP contribution in [0, 0.1) is 11.8 Å². The maximum atomic E-state index is 13.9. The number of aliphatic imine (C=N–C) groups is 1. The smallest absolute Gasteiger partial charge is 0.337 e. The summed E-state index contributed by atoms with van der Waals surface area (Å²) in [4.78, 5) is 46.5. The van der Waals surface area contributed by atoms with E-state index in [4.69, 9.17) is 14.1 Å². The molecule has 3 unspecified atom stereocenters. The van der Waals surface area contributed by atoms with E-state index in [1.165, 1.54) is 7.11 Å². The predicted molar refractivity (Wildman–Crippen MR) is 133 cm³/mol. The van der Waals surface area contributed by atoms with Gasteiger partial charge in [0, 0.05) is 24.0 Å². The van der Waals surface area contributed by atoms with Gasteiger partial charge in [0.05, 0.1) is 42.3 Å². The van der Waals surface area contributed by atoms with Crippen LogP contribution in [0.15, 0.2) is 76.3 Å². The zero-order chi connectivity index (χ0) is 24.8. The number of hydrogen-bond donors (Lipinski definition) is 0. The van der Waals surface area contributed by atoms with Gasteiger partial charge in [0.1, 0.15) is 11.5 Å². The molecule has 2 heterocycles. The van der Waals surface area contributed by atoms with Crippen LogP contribution >= 0.6 is 0 Å². The number of amides is 1. The van der Waals surface area contributed by atoms with Gasteiger partial charge in [-0.25, -0.2) is 4.79 Å². The molecule has 7 nitrogen and oxygen atoms in total. The Bertz CT molecular complexity index is 1350. The Kier molecular flexibility index (Phi) is 5.55. The number of anilines is 1. The summed E-state index contributed by atoms with van der Waals surface area (Å²) in [5, 5.41) is 0. The molecule has 2 fully saturated rings. The Morgan fingerprint density at radius 1 is 1.00 bits per heavy atom. The van der Waals surface area contributed by atoms with E-state index in [-0.39, 0.29) is 23.5 Å². The molecular formula is C29H26N2O5. The molecule has 0 saturated heterocycles. The van der Waals surface area contributed by atoms with Gasteiger partial charge < -0.3 is 14.1 Å². The van der Waals surface area contributed by atoms with Gasteiger partial charge in [-0.2, -0.15) is 0 Å². The summed E-state index contributed by atoms with van der Waals surface area (Å²) < 4.78 is 10.5. The average molecular weight is 483 g/mol. The minimum atomic E-state index is -0.588. The lowest BCUT2D eigenvalue weighted by Crippen LogP contribution is -2.46. The van der Waals surface area contributed by atoms with Crippen molar-refractivity contribution in [3.05, 3.63) is 83.8 Å². The molecule has 0 N–H and O–H groups in total. The van der Waals surface area contributed by atoms with Crippen LogP contribution in [0.1, 0.15) is 59.3 Å². The third-order valence-corrected chi connectivity index (χ3v) is 7.39. The van der Waals surface area contributed by atoms with Gasteiger partial charge in [0.25, 0.3) is 0 Å². The molecule has 3 atom stereocenters. The number of carbonyl (C=O) groups excluding carboxylic acids is 3. The molecule has 0 radical (unpaired) electrons. The van der Waals surface area contributed by atoms with Crippen molar-refractivity contribution in [2.45, 2.75) is 37.6 Å². The molecule has 0 bridgehead atoms. The molecule has 182 valence electrons. The van der Waals surface area contributed by atoms with E-state index in [1.807, 2.05) is 48.5 Å². The molecule has 0 spiro atoms. The molecule has 2 aromatic carbocycles. The number of esters is 1. The van der Waals surface area contributed by atoms with Gasteiger partial charge in [0.15, 0.2) is 0 Å². The first-order chi connectivity index (χ1) is 17.5. The summed E-state index contributed by atoms with van der Waals surface area (Å²) in [5.41, 5.74) is 3.36. The highest BCUT2D eigenvalue weighted by Crippen LogP contribution is 2.49. The first-order valence-electron chi connectivity index (χ1n) is 12.3. The lowest BCUT2D eigenvalue weighted by molar-refractivity contribution is -0.123. The lowest BCUT2D eigenvalue weighted by atomic mass is 9.73. The molecule has 2 saturated carbocycles. The van der Waals surface area contributed by atoms with Crippen molar-refractivity contribution in [3.8, 4) is 0 Å². The fraction of sp³-hybridized carbons (Fsp3) is 0.310. The van der Waals surface area contributed by atoms with Crippen molar-refractivity contribution in [2.24, 2.45) is 16.8 Å². The zero-order valence-electron chi connectivity index (χ0n) is 19.9. The largest absolute Gasteiger partial charge is 0.469 e. The van der Waals surface area contributed by atoms with E-state index in [1.54, 1.807) is 23.3 Å².